The highest BCUT2D eigenvalue weighted by Crippen LogP contribution is 2.15. The Morgan fingerprint density at radius 1 is 1.17 bits per heavy atom. The van der Waals surface area contributed by atoms with Crippen molar-refractivity contribution in [1.82, 2.24) is 9.97 Å². The smallest absolute Gasteiger partial charge is 0.259 e. The van der Waals surface area contributed by atoms with Crippen LogP contribution in [-0.2, 0) is 0 Å². The lowest BCUT2D eigenvalue weighted by molar-refractivity contribution is 0.102. The van der Waals surface area contributed by atoms with Crippen LogP contribution < -0.4 is 5.32 Å². The number of anilines is 1. The molecule has 0 bridgehead atoms. The van der Waals surface area contributed by atoms with Crippen molar-refractivity contribution in [3.05, 3.63) is 53.1 Å². The molecule has 0 spiro atoms. The van der Waals surface area contributed by atoms with E-state index in [0.29, 0.717) is 11.3 Å². The molecule has 0 aliphatic carbocycles. The molecule has 0 aliphatic rings. The standard InChI is InChI=1S/C14H15N3O/c1-9-4-5-12(6-10(9)2)17-14(18)13-7-15-8-16-11(13)3/h4-8H,1-3H3,(H,17,18). The molecule has 0 saturated heterocycles. The van der Waals surface area contributed by atoms with Gasteiger partial charge in [-0.15, -0.1) is 0 Å². The van der Waals surface area contributed by atoms with Gasteiger partial charge >= 0.3 is 0 Å². The molecule has 92 valence electrons. The summed E-state index contributed by atoms with van der Waals surface area (Å²) in [6.45, 7) is 5.84. The van der Waals surface area contributed by atoms with Crippen LogP contribution in [-0.4, -0.2) is 15.9 Å². The number of aromatic nitrogens is 2. The van der Waals surface area contributed by atoms with Crippen molar-refractivity contribution in [2.45, 2.75) is 20.8 Å². The Bertz CT molecular complexity index is 593. The Morgan fingerprint density at radius 3 is 2.61 bits per heavy atom. The summed E-state index contributed by atoms with van der Waals surface area (Å²) in [4.78, 5) is 19.9. The number of amides is 1. The molecule has 1 aromatic carbocycles. The molecule has 0 fully saturated rings. The molecule has 4 heteroatoms. The van der Waals surface area contributed by atoms with Crippen molar-refractivity contribution in [2.24, 2.45) is 0 Å². The minimum Gasteiger partial charge on any atom is -0.322 e. The summed E-state index contributed by atoms with van der Waals surface area (Å²) in [7, 11) is 0. The highest BCUT2D eigenvalue weighted by Gasteiger charge is 2.10. The minimum atomic E-state index is -0.184. The zero-order valence-electron chi connectivity index (χ0n) is 10.7. The lowest BCUT2D eigenvalue weighted by Gasteiger charge is -2.08. The summed E-state index contributed by atoms with van der Waals surface area (Å²) in [5.41, 5.74) is 4.30. The van der Waals surface area contributed by atoms with Gasteiger partial charge in [0.1, 0.15) is 6.33 Å². The van der Waals surface area contributed by atoms with Crippen molar-refractivity contribution < 1.29 is 4.79 Å². The van der Waals surface area contributed by atoms with Crippen molar-refractivity contribution in [3.63, 3.8) is 0 Å². The maximum absolute atomic E-state index is 12.0. The molecular formula is C14H15N3O. The molecular weight excluding hydrogens is 226 g/mol. The molecule has 0 saturated carbocycles. The number of nitrogens with one attached hydrogen (secondary N) is 1. The van der Waals surface area contributed by atoms with Gasteiger partial charge in [-0.1, -0.05) is 6.07 Å². The van der Waals surface area contributed by atoms with Gasteiger partial charge in [0, 0.05) is 11.9 Å². The van der Waals surface area contributed by atoms with Gasteiger partial charge in [0.15, 0.2) is 0 Å². The zero-order chi connectivity index (χ0) is 13.1. The molecule has 0 atom stereocenters. The van der Waals surface area contributed by atoms with Crippen LogP contribution in [0.3, 0.4) is 0 Å². The van der Waals surface area contributed by atoms with Crippen molar-refractivity contribution >= 4 is 11.6 Å². The third-order valence-corrected chi connectivity index (χ3v) is 2.92. The van der Waals surface area contributed by atoms with Gasteiger partial charge < -0.3 is 5.32 Å². The van der Waals surface area contributed by atoms with Gasteiger partial charge in [0.05, 0.1) is 11.3 Å². The second-order valence-corrected chi connectivity index (χ2v) is 4.27. The fourth-order valence-electron chi connectivity index (χ4n) is 1.63. The summed E-state index contributed by atoms with van der Waals surface area (Å²) in [5, 5.41) is 2.85. The number of rotatable bonds is 2. The number of hydrogen-bond donors (Lipinski definition) is 1. The highest BCUT2D eigenvalue weighted by molar-refractivity contribution is 6.04. The number of benzene rings is 1. The van der Waals surface area contributed by atoms with Crippen LogP contribution >= 0.6 is 0 Å². The van der Waals surface area contributed by atoms with Crippen LogP contribution in [0.2, 0.25) is 0 Å². The summed E-state index contributed by atoms with van der Waals surface area (Å²) < 4.78 is 0. The highest BCUT2D eigenvalue weighted by atomic mass is 16.1. The number of aryl methyl sites for hydroxylation is 3. The molecule has 1 aromatic heterocycles. The third kappa shape index (κ3) is 2.53. The van der Waals surface area contributed by atoms with Gasteiger partial charge in [-0.25, -0.2) is 9.97 Å². The van der Waals surface area contributed by atoms with Crippen LogP contribution in [0.15, 0.2) is 30.7 Å². The molecule has 1 heterocycles. The van der Waals surface area contributed by atoms with Crippen LogP contribution in [0.4, 0.5) is 5.69 Å². The predicted octanol–water partition coefficient (Wildman–Crippen LogP) is 2.65. The number of carbonyl (C=O) groups excluding carboxylic acids is 1. The molecule has 18 heavy (non-hydrogen) atoms. The van der Waals surface area contributed by atoms with E-state index in [4.69, 9.17) is 0 Å². The molecule has 4 nitrogen and oxygen atoms in total. The maximum Gasteiger partial charge on any atom is 0.259 e. The predicted molar refractivity (Wildman–Crippen MR) is 70.6 cm³/mol. The quantitative estimate of drug-likeness (QED) is 0.879. The summed E-state index contributed by atoms with van der Waals surface area (Å²) in [5.74, 6) is -0.184. The number of carbonyl (C=O) groups is 1. The Kier molecular flexibility index (Phi) is 3.37. The van der Waals surface area contributed by atoms with Crippen LogP contribution in [0.25, 0.3) is 0 Å². The maximum atomic E-state index is 12.0. The minimum absolute atomic E-state index is 0.184. The van der Waals surface area contributed by atoms with E-state index in [0.717, 1.165) is 11.3 Å². The van der Waals surface area contributed by atoms with Gasteiger partial charge in [-0.2, -0.15) is 0 Å². The fourth-order valence-corrected chi connectivity index (χ4v) is 1.63. The Hall–Kier alpha value is -2.23. The van der Waals surface area contributed by atoms with E-state index in [1.54, 1.807) is 6.92 Å². The number of hydrogen-bond acceptors (Lipinski definition) is 3. The van der Waals surface area contributed by atoms with E-state index < -0.39 is 0 Å². The molecule has 0 radical (unpaired) electrons. The van der Waals surface area contributed by atoms with Crippen LogP contribution in [0.5, 0.6) is 0 Å². The third-order valence-electron chi connectivity index (χ3n) is 2.92. The van der Waals surface area contributed by atoms with E-state index in [1.165, 1.54) is 18.1 Å². The Labute approximate surface area is 106 Å². The topological polar surface area (TPSA) is 54.9 Å². The lowest BCUT2D eigenvalue weighted by Crippen LogP contribution is -2.14. The lowest BCUT2D eigenvalue weighted by atomic mass is 10.1. The second-order valence-electron chi connectivity index (χ2n) is 4.27. The summed E-state index contributed by atoms with van der Waals surface area (Å²) in [6, 6.07) is 5.82. The zero-order valence-corrected chi connectivity index (χ0v) is 10.7. The molecule has 0 unspecified atom stereocenters. The molecule has 1 N–H and O–H groups in total. The molecule has 2 rings (SSSR count). The van der Waals surface area contributed by atoms with Gasteiger partial charge in [-0.3, -0.25) is 4.79 Å². The first-order valence-corrected chi connectivity index (χ1v) is 5.73. The van der Waals surface area contributed by atoms with Crippen LogP contribution in [0.1, 0.15) is 27.2 Å². The fraction of sp³-hybridized carbons (Fsp3) is 0.214. The first-order valence-electron chi connectivity index (χ1n) is 5.73. The largest absolute Gasteiger partial charge is 0.322 e. The first-order chi connectivity index (χ1) is 8.58. The van der Waals surface area contributed by atoms with E-state index in [2.05, 4.69) is 15.3 Å². The van der Waals surface area contributed by atoms with Crippen LogP contribution in [0, 0.1) is 20.8 Å². The second kappa shape index (κ2) is 4.96. The van der Waals surface area contributed by atoms with E-state index in [9.17, 15) is 4.79 Å². The molecule has 2 aromatic rings. The van der Waals surface area contributed by atoms with E-state index >= 15 is 0 Å². The SMILES string of the molecule is Cc1ccc(NC(=O)c2cncnc2C)cc1C. The Morgan fingerprint density at radius 2 is 1.94 bits per heavy atom. The summed E-state index contributed by atoms with van der Waals surface area (Å²) >= 11 is 0. The van der Waals surface area contributed by atoms with Gasteiger partial charge in [0.25, 0.3) is 5.91 Å². The Balaban J connectivity index is 2.22. The summed E-state index contributed by atoms with van der Waals surface area (Å²) in [6.07, 6.45) is 2.96. The molecule has 0 aliphatic heterocycles. The average Bonchev–Trinajstić information content (AvgIpc) is 2.34. The monoisotopic (exact) mass is 241 g/mol. The van der Waals surface area contributed by atoms with Crippen molar-refractivity contribution in [1.29, 1.82) is 0 Å². The number of nitrogens with zero attached hydrogens (tertiary/aromatic N) is 2. The van der Waals surface area contributed by atoms with E-state index in [-0.39, 0.29) is 5.91 Å². The van der Waals surface area contributed by atoms with Crippen molar-refractivity contribution in [3.8, 4) is 0 Å². The normalized spacial score (nSPS) is 10.2. The van der Waals surface area contributed by atoms with Crippen molar-refractivity contribution in [2.75, 3.05) is 5.32 Å². The average molecular weight is 241 g/mol. The van der Waals surface area contributed by atoms with Gasteiger partial charge in [0.2, 0.25) is 0 Å². The van der Waals surface area contributed by atoms with Gasteiger partial charge in [-0.05, 0) is 44.0 Å². The first kappa shape index (κ1) is 12.2. The van der Waals surface area contributed by atoms with E-state index in [1.807, 2.05) is 32.0 Å². The molecule has 1 amide bonds.